The molecule has 0 unspecified atom stereocenters. The van der Waals surface area contributed by atoms with Crippen LogP contribution in [0.2, 0.25) is 0 Å². The number of nitrogens with one attached hydrogen (secondary N) is 1. The van der Waals surface area contributed by atoms with Crippen molar-refractivity contribution >= 4 is 0 Å². The quantitative estimate of drug-likeness (QED) is 0.298. The summed E-state index contributed by atoms with van der Waals surface area (Å²) in [6.07, 6.45) is -1.63. The summed E-state index contributed by atoms with van der Waals surface area (Å²) >= 11 is 0. The zero-order chi connectivity index (χ0) is 8.43. The first-order chi connectivity index (χ1) is 5.16. The standard InChI is InChI=1S/C6H14N2O3/c7-3(2-9)5-6(11)4(10)1-8-5/h3-6,8-11H,1-2,7H2/t3-,4-,5-,6-/m1/s1. The fraction of sp³-hybridized carbons (Fsp3) is 1.00. The molecule has 6 N–H and O–H groups in total. The van der Waals surface area contributed by atoms with Crippen molar-refractivity contribution in [2.45, 2.75) is 24.3 Å². The molecule has 1 fully saturated rings. The summed E-state index contributed by atoms with van der Waals surface area (Å²) in [4.78, 5) is 0. The Morgan fingerprint density at radius 1 is 1.55 bits per heavy atom. The number of rotatable bonds is 2. The van der Waals surface area contributed by atoms with E-state index in [4.69, 9.17) is 15.9 Å². The number of aliphatic hydroxyl groups is 3. The first-order valence-corrected chi connectivity index (χ1v) is 3.62. The summed E-state index contributed by atoms with van der Waals surface area (Å²) in [6, 6.07) is -0.905. The number of nitrogens with two attached hydrogens (primary N) is 1. The topological polar surface area (TPSA) is 98.7 Å². The number of hydrogen-bond acceptors (Lipinski definition) is 5. The smallest absolute Gasteiger partial charge is 0.0980 e. The highest BCUT2D eigenvalue weighted by atomic mass is 16.3. The molecule has 1 heterocycles. The summed E-state index contributed by atoms with van der Waals surface area (Å²) < 4.78 is 0. The normalized spacial score (nSPS) is 40.9. The fourth-order valence-corrected chi connectivity index (χ4v) is 1.26. The largest absolute Gasteiger partial charge is 0.395 e. The van der Waals surface area contributed by atoms with Gasteiger partial charge in [0, 0.05) is 12.6 Å². The van der Waals surface area contributed by atoms with Gasteiger partial charge in [-0.1, -0.05) is 0 Å². The van der Waals surface area contributed by atoms with Gasteiger partial charge < -0.3 is 26.4 Å². The first-order valence-electron chi connectivity index (χ1n) is 3.62. The Bertz CT molecular complexity index is 133. The third-order valence-corrected chi connectivity index (χ3v) is 2.00. The Morgan fingerprint density at radius 3 is 2.55 bits per heavy atom. The van der Waals surface area contributed by atoms with E-state index in [0.29, 0.717) is 6.54 Å². The van der Waals surface area contributed by atoms with E-state index in [-0.39, 0.29) is 6.61 Å². The lowest BCUT2D eigenvalue weighted by Crippen LogP contribution is -2.49. The maximum absolute atomic E-state index is 9.26. The second-order valence-corrected chi connectivity index (χ2v) is 2.84. The van der Waals surface area contributed by atoms with Gasteiger partial charge in [0.05, 0.1) is 24.9 Å². The minimum atomic E-state index is -0.864. The highest BCUT2D eigenvalue weighted by molar-refractivity contribution is 4.95. The van der Waals surface area contributed by atoms with Crippen LogP contribution in [0.15, 0.2) is 0 Å². The maximum atomic E-state index is 9.26. The van der Waals surface area contributed by atoms with Gasteiger partial charge >= 0.3 is 0 Å². The molecule has 0 radical (unpaired) electrons. The lowest BCUT2D eigenvalue weighted by Gasteiger charge is -2.20. The van der Waals surface area contributed by atoms with Gasteiger partial charge in [0.1, 0.15) is 0 Å². The molecule has 1 aliphatic rings. The van der Waals surface area contributed by atoms with Gasteiger partial charge in [0.25, 0.3) is 0 Å². The molecule has 4 atom stereocenters. The lowest BCUT2D eigenvalue weighted by atomic mass is 10.0. The van der Waals surface area contributed by atoms with Crippen molar-refractivity contribution in [2.24, 2.45) is 5.73 Å². The second kappa shape index (κ2) is 3.46. The predicted molar refractivity (Wildman–Crippen MR) is 38.9 cm³/mol. The monoisotopic (exact) mass is 162 g/mol. The predicted octanol–water partition coefficient (Wildman–Crippen LogP) is -3.00. The molecular weight excluding hydrogens is 148 g/mol. The highest BCUT2D eigenvalue weighted by Crippen LogP contribution is 2.09. The molecule has 0 aliphatic carbocycles. The molecule has 1 saturated heterocycles. The van der Waals surface area contributed by atoms with Crippen LogP contribution < -0.4 is 11.1 Å². The van der Waals surface area contributed by atoms with Crippen molar-refractivity contribution in [3.8, 4) is 0 Å². The lowest BCUT2D eigenvalue weighted by molar-refractivity contribution is 0.0322. The number of aliphatic hydroxyl groups excluding tert-OH is 3. The van der Waals surface area contributed by atoms with E-state index in [1.807, 2.05) is 0 Å². The molecular formula is C6H14N2O3. The molecule has 1 rings (SSSR count). The molecule has 0 aromatic heterocycles. The van der Waals surface area contributed by atoms with Crippen molar-refractivity contribution in [2.75, 3.05) is 13.2 Å². The van der Waals surface area contributed by atoms with Crippen LogP contribution in [-0.4, -0.2) is 52.8 Å². The third kappa shape index (κ3) is 1.69. The van der Waals surface area contributed by atoms with Crippen molar-refractivity contribution in [1.82, 2.24) is 5.32 Å². The number of β-amino-alcohol motifs (C(OH)–C–C–N with tert-alkyl or cyclic N) is 1. The molecule has 0 aromatic carbocycles. The fourth-order valence-electron chi connectivity index (χ4n) is 1.26. The highest BCUT2D eigenvalue weighted by Gasteiger charge is 2.36. The molecule has 0 amide bonds. The van der Waals surface area contributed by atoms with E-state index in [2.05, 4.69) is 5.32 Å². The first kappa shape index (κ1) is 8.89. The van der Waals surface area contributed by atoms with Gasteiger partial charge in [-0.05, 0) is 0 Å². The summed E-state index contributed by atoms with van der Waals surface area (Å²) in [7, 11) is 0. The zero-order valence-corrected chi connectivity index (χ0v) is 6.14. The van der Waals surface area contributed by atoms with Crippen LogP contribution in [0.25, 0.3) is 0 Å². The van der Waals surface area contributed by atoms with Gasteiger partial charge in [0.15, 0.2) is 0 Å². The van der Waals surface area contributed by atoms with Crippen LogP contribution in [0.4, 0.5) is 0 Å². The summed E-state index contributed by atoms with van der Waals surface area (Å²) in [6.45, 7) is 0.140. The molecule has 11 heavy (non-hydrogen) atoms. The van der Waals surface area contributed by atoms with Crippen LogP contribution in [0, 0.1) is 0 Å². The SMILES string of the molecule is N[C@H](CO)[C@H]1NC[C@@H](O)[C@H]1O. The van der Waals surface area contributed by atoms with Crippen molar-refractivity contribution in [3.63, 3.8) is 0 Å². The van der Waals surface area contributed by atoms with E-state index in [0.717, 1.165) is 0 Å². The van der Waals surface area contributed by atoms with Crippen LogP contribution in [0.3, 0.4) is 0 Å². The number of hydrogen-bond donors (Lipinski definition) is 5. The Morgan fingerprint density at radius 2 is 2.18 bits per heavy atom. The van der Waals surface area contributed by atoms with Crippen LogP contribution in [0.5, 0.6) is 0 Å². The van der Waals surface area contributed by atoms with Gasteiger partial charge in [-0.25, -0.2) is 0 Å². The van der Waals surface area contributed by atoms with E-state index in [1.54, 1.807) is 0 Å². The zero-order valence-electron chi connectivity index (χ0n) is 6.14. The van der Waals surface area contributed by atoms with E-state index in [9.17, 15) is 5.11 Å². The van der Waals surface area contributed by atoms with Gasteiger partial charge in [-0.15, -0.1) is 0 Å². The van der Waals surface area contributed by atoms with Crippen LogP contribution in [-0.2, 0) is 0 Å². The van der Waals surface area contributed by atoms with E-state index in [1.165, 1.54) is 0 Å². The molecule has 66 valence electrons. The molecule has 0 saturated carbocycles. The Balaban J connectivity index is 2.47. The minimum absolute atomic E-state index is 0.193. The minimum Gasteiger partial charge on any atom is -0.395 e. The van der Waals surface area contributed by atoms with Crippen molar-refractivity contribution < 1.29 is 15.3 Å². The van der Waals surface area contributed by atoms with E-state index < -0.39 is 24.3 Å². The van der Waals surface area contributed by atoms with Crippen LogP contribution >= 0.6 is 0 Å². The summed E-state index contributed by atoms with van der Waals surface area (Å²) in [5.74, 6) is 0. The second-order valence-electron chi connectivity index (χ2n) is 2.84. The summed E-state index contributed by atoms with van der Waals surface area (Å²) in [5, 5.41) is 29.8. The molecule has 0 aromatic rings. The van der Waals surface area contributed by atoms with Crippen LogP contribution in [0.1, 0.15) is 0 Å². The molecule has 0 bridgehead atoms. The summed E-state index contributed by atoms with van der Waals surface area (Å²) in [5.41, 5.74) is 5.45. The average molecular weight is 162 g/mol. The van der Waals surface area contributed by atoms with Crippen molar-refractivity contribution in [1.29, 1.82) is 0 Å². The van der Waals surface area contributed by atoms with E-state index >= 15 is 0 Å². The Kier molecular flexibility index (Phi) is 2.80. The van der Waals surface area contributed by atoms with Crippen molar-refractivity contribution in [3.05, 3.63) is 0 Å². The Labute approximate surface area is 64.8 Å². The Hall–Kier alpha value is -0.200. The van der Waals surface area contributed by atoms with Gasteiger partial charge in [-0.2, -0.15) is 0 Å². The van der Waals surface area contributed by atoms with Gasteiger partial charge in [-0.3, -0.25) is 0 Å². The van der Waals surface area contributed by atoms with Gasteiger partial charge in [0.2, 0.25) is 0 Å². The molecule has 0 spiro atoms. The maximum Gasteiger partial charge on any atom is 0.0980 e. The third-order valence-electron chi connectivity index (χ3n) is 2.00. The average Bonchev–Trinajstić information content (AvgIpc) is 2.32. The molecule has 5 nitrogen and oxygen atoms in total. The molecule has 1 aliphatic heterocycles. The molecule has 5 heteroatoms.